The molecule has 0 unspecified atom stereocenters. The van der Waals surface area contributed by atoms with Crippen LogP contribution in [0.3, 0.4) is 0 Å². The van der Waals surface area contributed by atoms with E-state index in [0.29, 0.717) is 6.04 Å². The van der Waals surface area contributed by atoms with E-state index in [1.54, 1.807) is 0 Å². The van der Waals surface area contributed by atoms with E-state index < -0.39 is 0 Å². The molecule has 1 fully saturated rings. The summed E-state index contributed by atoms with van der Waals surface area (Å²) in [5.41, 5.74) is 1.28. The Hall–Kier alpha value is -0.610. The van der Waals surface area contributed by atoms with Crippen LogP contribution in [0.1, 0.15) is 44.6 Å². The van der Waals surface area contributed by atoms with Gasteiger partial charge >= 0.3 is 0 Å². The predicted octanol–water partition coefficient (Wildman–Crippen LogP) is 3.72. The SMILES string of the molecule is CCNCc1cc(Br)cnc1N(C)C1CCCCC1. The Kier molecular flexibility index (Phi) is 5.64. The topological polar surface area (TPSA) is 28.2 Å². The molecule has 0 spiro atoms. The van der Waals surface area contributed by atoms with E-state index in [2.05, 4.69) is 51.2 Å². The minimum Gasteiger partial charge on any atom is -0.356 e. The van der Waals surface area contributed by atoms with E-state index in [-0.39, 0.29) is 0 Å². The fraction of sp³-hybridized carbons (Fsp3) is 0.667. The van der Waals surface area contributed by atoms with Crippen molar-refractivity contribution in [3.05, 3.63) is 22.3 Å². The molecular formula is C15H24BrN3. The van der Waals surface area contributed by atoms with Gasteiger partial charge in [-0.25, -0.2) is 4.98 Å². The minimum absolute atomic E-state index is 0.655. The van der Waals surface area contributed by atoms with Crippen molar-refractivity contribution in [3.63, 3.8) is 0 Å². The highest BCUT2D eigenvalue weighted by Crippen LogP contribution is 2.28. The van der Waals surface area contributed by atoms with Gasteiger partial charge in [0, 0.05) is 35.9 Å². The summed E-state index contributed by atoms with van der Waals surface area (Å²) in [6.07, 6.45) is 8.61. The van der Waals surface area contributed by atoms with Crippen molar-refractivity contribution >= 4 is 21.7 Å². The lowest BCUT2D eigenvalue weighted by molar-refractivity contribution is 0.425. The summed E-state index contributed by atoms with van der Waals surface area (Å²) in [5, 5.41) is 3.40. The van der Waals surface area contributed by atoms with Gasteiger partial charge in [-0.1, -0.05) is 26.2 Å². The minimum atomic E-state index is 0.655. The number of nitrogens with one attached hydrogen (secondary N) is 1. The molecule has 0 atom stereocenters. The predicted molar refractivity (Wildman–Crippen MR) is 84.6 cm³/mol. The van der Waals surface area contributed by atoms with Gasteiger partial charge in [0.05, 0.1) is 0 Å². The van der Waals surface area contributed by atoms with E-state index >= 15 is 0 Å². The van der Waals surface area contributed by atoms with Crippen molar-refractivity contribution in [1.82, 2.24) is 10.3 Å². The molecule has 4 heteroatoms. The van der Waals surface area contributed by atoms with Gasteiger partial charge in [-0.15, -0.1) is 0 Å². The first-order valence-electron chi connectivity index (χ1n) is 7.30. The van der Waals surface area contributed by atoms with Crippen LogP contribution in [0, 0.1) is 0 Å². The van der Waals surface area contributed by atoms with Crippen LogP contribution in [0.4, 0.5) is 5.82 Å². The van der Waals surface area contributed by atoms with Crippen molar-refractivity contribution in [2.45, 2.75) is 51.6 Å². The van der Waals surface area contributed by atoms with E-state index in [1.165, 1.54) is 37.7 Å². The second kappa shape index (κ2) is 7.25. The normalized spacial score (nSPS) is 16.6. The third-order valence-electron chi connectivity index (χ3n) is 3.93. The van der Waals surface area contributed by atoms with Gasteiger partial charge in [-0.2, -0.15) is 0 Å². The average Bonchev–Trinajstić information content (AvgIpc) is 2.45. The number of nitrogens with zero attached hydrogens (tertiary/aromatic N) is 2. The summed E-state index contributed by atoms with van der Waals surface area (Å²) >= 11 is 3.52. The third-order valence-corrected chi connectivity index (χ3v) is 4.37. The van der Waals surface area contributed by atoms with Gasteiger partial charge in [0.1, 0.15) is 5.82 Å². The van der Waals surface area contributed by atoms with Crippen LogP contribution < -0.4 is 10.2 Å². The number of hydrogen-bond acceptors (Lipinski definition) is 3. The molecule has 1 N–H and O–H groups in total. The van der Waals surface area contributed by atoms with Crippen LogP contribution in [0.15, 0.2) is 16.7 Å². The van der Waals surface area contributed by atoms with Crippen molar-refractivity contribution in [1.29, 1.82) is 0 Å². The van der Waals surface area contributed by atoms with E-state index in [1.807, 2.05) is 6.20 Å². The quantitative estimate of drug-likeness (QED) is 0.894. The highest BCUT2D eigenvalue weighted by atomic mass is 79.9. The van der Waals surface area contributed by atoms with Crippen LogP contribution in [0.2, 0.25) is 0 Å². The van der Waals surface area contributed by atoms with Crippen molar-refractivity contribution in [2.24, 2.45) is 0 Å². The van der Waals surface area contributed by atoms with Crippen LogP contribution >= 0.6 is 15.9 Å². The van der Waals surface area contributed by atoms with Gasteiger partial charge < -0.3 is 10.2 Å². The van der Waals surface area contributed by atoms with E-state index in [0.717, 1.165) is 23.4 Å². The fourth-order valence-electron chi connectivity index (χ4n) is 2.82. The zero-order chi connectivity index (χ0) is 13.7. The molecule has 0 bridgehead atoms. The Morgan fingerprint density at radius 3 is 2.79 bits per heavy atom. The summed E-state index contributed by atoms with van der Waals surface area (Å²) in [7, 11) is 2.20. The molecule has 0 aliphatic heterocycles. The van der Waals surface area contributed by atoms with Gasteiger partial charge in [0.25, 0.3) is 0 Å². The molecule has 1 aromatic rings. The summed E-state index contributed by atoms with van der Waals surface area (Å²) < 4.78 is 1.06. The lowest BCUT2D eigenvalue weighted by atomic mass is 9.94. The van der Waals surface area contributed by atoms with Crippen molar-refractivity contribution < 1.29 is 0 Å². The molecule has 1 aliphatic carbocycles. The number of aromatic nitrogens is 1. The number of hydrogen-bond donors (Lipinski definition) is 1. The second-order valence-corrected chi connectivity index (χ2v) is 6.24. The maximum Gasteiger partial charge on any atom is 0.133 e. The summed E-state index contributed by atoms with van der Waals surface area (Å²) in [5.74, 6) is 1.14. The molecule has 0 amide bonds. The standard InChI is InChI=1S/C15H24BrN3/c1-3-17-10-12-9-13(16)11-18-15(12)19(2)14-7-5-4-6-8-14/h9,11,14,17H,3-8,10H2,1-2H3. The Morgan fingerprint density at radius 1 is 1.37 bits per heavy atom. The molecule has 0 radical (unpaired) electrons. The molecule has 1 aromatic heterocycles. The van der Waals surface area contributed by atoms with E-state index in [9.17, 15) is 0 Å². The number of rotatable bonds is 5. The highest BCUT2D eigenvalue weighted by molar-refractivity contribution is 9.10. The Labute approximate surface area is 124 Å². The Bertz CT molecular complexity index is 402. The monoisotopic (exact) mass is 325 g/mol. The van der Waals surface area contributed by atoms with E-state index in [4.69, 9.17) is 0 Å². The molecule has 19 heavy (non-hydrogen) atoms. The molecule has 3 nitrogen and oxygen atoms in total. The molecular weight excluding hydrogens is 302 g/mol. The van der Waals surface area contributed by atoms with Gasteiger partial charge in [-0.3, -0.25) is 0 Å². The number of pyridine rings is 1. The maximum atomic E-state index is 4.65. The zero-order valence-electron chi connectivity index (χ0n) is 12.0. The Balaban J connectivity index is 2.16. The molecule has 1 heterocycles. The van der Waals surface area contributed by atoms with Gasteiger partial charge in [0.2, 0.25) is 0 Å². The lowest BCUT2D eigenvalue weighted by Crippen LogP contribution is -2.35. The lowest BCUT2D eigenvalue weighted by Gasteiger charge is -2.33. The third kappa shape index (κ3) is 3.93. The molecule has 2 rings (SSSR count). The molecule has 1 saturated carbocycles. The van der Waals surface area contributed by atoms with Crippen LogP contribution in [0.25, 0.3) is 0 Å². The summed E-state index contributed by atoms with van der Waals surface area (Å²) in [4.78, 5) is 7.03. The highest BCUT2D eigenvalue weighted by Gasteiger charge is 2.21. The number of anilines is 1. The molecule has 0 saturated heterocycles. The summed E-state index contributed by atoms with van der Waals surface area (Å²) in [6.45, 7) is 4.00. The first kappa shape index (κ1) is 14.8. The largest absolute Gasteiger partial charge is 0.356 e. The second-order valence-electron chi connectivity index (χ2n) is 5.32. The first-order chi connectivity index (χ1) is 9.22. The Morgan fingerprint density at radius 2 is 2.11 bits per heavy atom. The van der Waals surface area contributed by atoms with Crippen molar-refractivity contribution in [2.75, 3.05) is 18.5 Å². The fourth-order valence-corrected chi connectivity index (χ4v) is 3.20. The van der Waals surface area contributed by atoms with Gasteiger partial charge in [0.15, 0.2) is 0 Å². The average molecular weight is 326 g/mol. The smallest absolute Gasteiger partial charge is 0.133 e. The first-order valence-corrected chi connectivity index (χ1v) is 8.09. The molecule has 1 aliphatic rings. The summed E-state index contributed by atoms with van der Waals surface area (Å²) in [6, 6.07) is 2.84. The molecule has 106 valence electrons. The zero-order valence-corrected chi connectivity index (χ0v) is 13.5. The van der Waals surface area contributed by atoms with Crippen LogP contribution in [-0.2, 0) is 6.54 Å². The van der Waals surface area contributed by atoms with Gasteiger partial charge in [-0.05, 0) is 41.4 Å². The van der Waals surface area contributed by atoms with Crippen LogP contribution in [0.5, 0.6) is 0 Å². The van der Waals surface area contributed by atoms with Crippen molar-refractivity contribution in [3.8, 4) is 0 Å². The van der Waals surface area contributed by atoms with Crippen LogP contribution in [-0.4, -0.2) is 24.6 Å². The number of halogens is 1. The maximum absolute atomic E-state index is 4.65. The molecule has 0 aromatic carbocycles.